The fourth-order valence-corrected chi connectivity index (χ4v) is 5.45. The van der Waals surface area contributed by atoms with Gasteiger partial charge in [0.2, 0.25) is 5.91 Å². The van der Waals surface area contributed by atoms with Crippen LogP contribution in [0.3, 0.4) is 0 Å². The predicted molar refractivity (Wildman–Crippen MR) is 121 cm³/mol. The van der Waals surface area contributed by atoms with Crippen LogP contribution in [0, 0.1) is 5.92 Å². The van der Waals surface area contributed by atoms with Crippen LogP contribution >= 0.6 is 11.3 Å². The van der Waals surface area contributed by atoms with Crippen molar-refractivity contribution in [2.45, 2.75) is 44.2 Å². The number of aromatic carboxylic acids is 1. The van der Waals surface area contributed by atoms with Crippen LogP contribution in [0.4, 0.5) is 5.69 Å². The number of carboxylic acids is 1. The minimum absolute atomic E-state index is 0.147. The molecule has 0 bridgehead atoms. The maximum Gasteiger partial charge on any atom is 0.348 e. The largest absolute Gasteiger partial charge is 0.477 e. The van der Waals surface area contributed by atoms with Crippen molar-refractivity contribution in [1.82, 2.24) is 0 Å². The van der Waals surface area contributed by atoms with Gasteiger partial charge in [0.1, 0.15) is 4.88 Å². The molecular formula is C24H27NO5S. The van der Waals surface area contributed by atoms with Gasteiger partial charge in [-0.1, -0.05) is 42.5 Å². The Morgan fingerprint density at radius 1 is 1.13 bits per heavy atom. The Labute approximate surface area is 185 Å². The topological polar surface area (TPSA) is 87.1 Å². The van der Waals surface area contributed by atoms with E-state index in [1.165, 1.54) is 11.3 Å². The molecule has 0 unspecified atom stereocenters. The van der Waals surface area contributed by atoms with E-state index < -0.39 is 18.0 Å². The number of anilines is 1. The van der Waals surface area contributed by atoms with Crippen molar-refractivity contribution in [3.05, 3.63) is 53.4 Å². The van der Waals surface area contributed by atoms with Gasteiger partial charge in [0.25, 0.3) is 0 Å². The first-order valence-electron chi connectivity index (χ1n) is 10.6. The first kappa shape index (κ1) is 21.7. The molecular weight excluding hydrogens is 414 g/mol. The molecule has 0 spiro atoms. The highest BCUT2D eigenvalue weighted by atomic mass is 32.1. The van der Waals surface area contributed by atoms with Crippen LogP contribution in [0.15, 0.2) is 48.6 Å². The molecule has 7 heteroatoms. The summed E-state index contributed by atoms with van der Waals surface area (Å²) in [6, 6.07) is 11.2. The minimum Gasteiger partial charge on any atom is -0.477 e. The molecule has 2 atom stereocenters. The molecule has 2 N–H and O–H groups in total. The number of hydrogen-bond donors (Lipinski definition) is 2. The molecule has 4 rings (SSSR count). The standard InChI is InChI=1S/C24H27NO5S/c1-15-7-8-18(20(26)13-15)23(27)25(17-9-11-30-12-10-17)19-14-21(31-22(19)24(28)29)16-5-3-2-4-6-16/h2-6,14,17-18,20,26H,1,7-13H2,(H,28,29)/t18-,20+/m1/s1. The molecule has 2 aliphatic rings. The molecule has 31 heavy (non-hydrogen) atoms. The summed E-state index contributed by atoms with van der Waals surface area (Å²) in [6.45, 7) is 5.00. The molecule has 2 aromatic rings. The highest BCUT2D eigenvalue weighted by Gasteiger charge is 2.39. The average Bonchev–Trinajstić information content (AvgIpc) is 3.20. The van der Waals surface area contributed by atoms with Gasteiger partial charge in [0.05, 0.1) is 17.7 Å². The Kier molecular flexibility index (Phi) is 6.55. The predicted octanol–water partition coefficient (Wildman–Crippen LogP) is 4.34. The van der Waals surface area contributed by atoms with Gasteiger partial charge in [-0.25, -0.2) is 4.79 Å². The van der Waals surface area contributed by atoms with Gasteiger partial charge < -0.3 is 19.8 Å². The monoisotopic (exact) mass is 441 g/mol. The fraction of sp³-hybridized carbons (Fsp3) is 0.417. The summed E-state index contributed by atoms with van der Waals surface area (Å²) in [5.74, 6) is -1.81. The van der Waals surface area contributed by atoms with E-state index >= 15 is 0 Å². The SMILES string of the molecule is C=C1CC[C@@H](C(=O)N(c2cc(-c3ccccc3)sc2C(=O)O)C2CCOCC2)[C@@H](O)C1. The molecule has 0 radical (unpaired) electrons. The van der Waals surface area contributed by atoms with Crippen molar-refractivity contribution in [2.24, 2.45) is 5.92 Å². The first-order valence-corrected chi connectivity index (χ1v) is 11.5. The number of carboxylic acid groups (broad SMARTS) is 1. The van der Waals surface area contributed by atoms with E-state index in [0.717, 1.165) is 16.0 Å². The van der Waals surface area contributed by atoms with Gasteiger partial charge in [-0.15, -0.1) is 11.3 Å². The summed E-state index contributed by atoms with van der Waals surface area (Å²) in [6.07, 6.45) is 2.10. The minimum atomic E-state index is -1.05. The molecule has 1 aromatic carbocycles. The summed E-state index contributed by atoms with van der Waals surface area (Å²) in [5, 5.41) is 20.6. The molecule has 1 aromatic heterocycles. The molecule has 2 heterocycles. The number of hydrogen-bond acceptors (Lipinski definition) is 5. The van der Waals surface area contributed by atoms with Gasteiger partial charge in [0.15, 0.2) is 0 Å². The van der Waals surface area contributed by atoms with Crippen LogP contribution in [0.1, 0.15) is 41.8 Å². The number of amides is 1. The molecule has 1 saturated heterocycles. The zero-order chi connectivity index (χ0) is 22.0. The zero-order valence-electron chi connectivity index (χ0n) is 17.3. The molecule has 1 saturated carbocycles. The lowest BCUT2D eigenvalue weighted by Crippen LogP contribution is -2.49. The van der Waals surface area contributed by atoms with E-state index in [0.29, 0.717) is 51.0 Å². The number of ether oxygens (including phenoxy) is 1. The lowest BCUT2D eigenvalue weighted by atomic mass is 9.82. The molecule has 164 valence electrons. The number of carbonyl (C=O) groups excluding carboxylic acids is 1. The summed E-state index contributed by atoms with van der Waals surface area (Å²) in [4.78, 5) is 28.5. The summed E-state index contributed by atoms with van der Waals surface area (Å²) in [7, 11) is 0. The number of aliphatic hydroxyl groups excluding tert-OH is 1. The van der Waals surface area contributed by atoms with Crippen molar-refractivity contribution >= 4 is 28.9 Å². The van der Waals surface area contributed by atoms with Gasteiger partial charge in [-0.05, 0) is 43.7 Å². The maximum absolute atomic E-state index is 13.7. The van der Waals surface area contributed by atoms with Crippen molar-refractivity contribution in [2.75, 3.05) is 18.1 Å². The lowest BCUT2D eigenvalue weighted by Gasteiger charge is -2.38. The van der Waals surface area contributed by atoms with Crippen LogP contribution in [-0.2, 0) is 9.53 Å². The van der Waals surface area contributed by atoms with Crippen molar-refractivity contribution < 1.29 is 24.5 Å². The number of rotatable bonds is 5. The van der Waals surface area contributed by atoms with Gasteiger partial charge in [-0.2, -0.15) is 0 Å². The normalized spacial score (nSPS) is 22.3. The van der Waals surface area contributed by atoms with E-state index in [-0.39, 0.29) is 16.8 Å². The van der Waals surface area contributed by atoms with Gasteiger partial charge >= 0.3 is 5.97 Å². The van der Waals surface area contributed by atoms with E-state index in [1.54, 1.807) is 4.90 Å². The third-order valence-corrected chi connectivity index (χ3v) is 7.27. The second-order valence-electron chi connectivity index (χ2n) is 8.21. The van der Waals surface area contributed by atoms with Gasteiger partial charge in [0, 0.05) is 24.1 Å². The lowest BCUT2D eigenvalue weighted by molar-refractivity contribution is -0.127. The van der Waals surface area contributed by atoms with E-state index in [9.17, 15) is 19.8 Å². The molecule has 1 aliphatic heterocycles. The summed E-state index contributed by atoms with van der Waals surface area (Å²) >= 11 is 1.18. The number of benzene rings is 1. The number of aliphatic hydroxyl groups is 1. The van der Waals surface area contributed by atoms with E-state index in [4.69, 9.17) is 4.74 Å². The fourth-order valence-electron chi connectivity index (χ4n) is 4.46. The Balaban J connectivity index is 1.76. The molecule has 1 aliphatic carbocycles. The second kappa shape index (κ2) is 9.34. The van der Waals surface area contributed by atoms with Crippen molar-refractivity contribution in [1.29, 1.82) is 0 Å². The highest BCUT2D eigenvalue weighted by Crippen LogP contribution is 2.40. The first-order chi connectivity index (χ1) is 15.0. The maximum atomic E-state index is 13.7. The van der Waals surface area contributed by atoms with Crippen LogP contribution in [0.5, 0.6) is 0 Å². The van der Waals surface area contributed by atoms with Crippen molar-refractivity contribution in [3.63, 3.8) is 0 Å². The van der Waals surface area contributed by atoms with Crippen LogP contribution in [-0.4, -0.2) is 47.4 Å². The Bertz CT molecular complexity index is 964. The smallest absolute Gasteiger partial charge is 0.348 e. The Morgan fingerprint density at radius 2 is 1.84 bits per heavy atom. The number of carbonyl (C=O) groups is 2. The Morgan fingerprint density at radius 3 is 2.48 bits per heavy atom. The van der Waals surface area contributed by atoms with Crippen molar-refractivity contribution in [3.8, 4) is 10.4 Å². The molecule has 1 amide bonds. The number of thiophene rings is 1. The Hall–Kier alpha value is -2.48. The van der Waals surface area contributed by atoms with E-state index in [2.05, 4.69) is 6.58 Å². The number of nitrogens with zero attached hydrogens (tertiary/aromatic N) is 1. The van der Waals surface area contributed by atoms with E-state index in [1.807, 2.05) is 36.4 Å². The highest BCUT2D eigenvalue weighted by molar-refractivity contribution is 7.18. The van der Waals surface area contributed by atoms with Gasteiger partial charge in [-0.3, -0.25) is 4.79 Å². The van der Waals surface area contributed by atoms with Crippen LogP contribution in [0.2, 0.25) is 0 Å². The average molecular weight is 442 g/mol. The molecule has 6 nitrogen and oxygen atoms in total. The third-order valence-electron chi connectivity index (χ3n) is 6.11. The molecule has 2 fully saturated rings. The quantitative estimate of drug-likeness (QED) is 0.674. The van der Waals surface area contributed by atoms with Crippen LogP contribution < -0.4 is 4.90 Å². The van der Waals surface area contributed by atoms with Crippen LogP contribution in [0.25, 0.3) is 10.4 Å². The summed E-state index contributed by atoms with van der Waals surface area (Å²) in [5.41, 5.74) is 2.28. The summed E-state index contributed by atoms with van der Waals surface area (Å²) < 4.78 is 5.49. The zero-order valence-corrected chi connectivity index (χ0v) is 18.1. The second-order valence-corrected chi connectivity index (χ2v) is 9.27. The third kappa shape index (κ3) is 4.59.